The average Bonchev–Trinajstić information content (AvgIpc) is 2.97. The number of thiophene rings is 1. The summed E-state index contributed by atoms with van der Waals surface area (Å²) in [5.41, 5.74) is 1.18. The number of likely N-dealkylation sites (N-methyl/N-ethyl adjacent to an activating group) is 1. The number of ether oxygens (including phenoxy) is 1. The lowest BCUT2D eigenvalue weighted by Crippen LogP contribution is -2.34. The van der Waals surface area contributed by atoms with E-state index in [4.69, 9.17) is 4.74 Å². The summed E-state index contributed by atoms with van der Waals surface area (Å²) < 4.78 is 5.54. The maximum absolute atomic E-state index is 12.1. The van der Waals surface area contributed by atoms with Crippen LogP contribution in [-0.4, -0.2) is 24.0 Å². The van der Waals surface area contributed by atoms with Gasteiger partial charge in [0.1, 0.15) is 5.75 Å². The summed E-state index contributed by atoms with van der Waals surface area (Å²) in [6, 6.07) is 11.8. The van der Waals surface area contributed by atoms with Gasteiger partial charge in [0.15, 0.2) is 6.61 Å². The highest BCUT2D eigenvalue weighted by Gasteiger charge is 2.13. The fraction of sp³-hybridized carbons (Fsp3) is 0.312. The molecule has 3 nitrogen and oxygen atoms in total. The molecule has 0 aliphatic heterocycles. The molecule has 106 valence electrons. The molecule has 0 aliphatic carbocycles. The van der Waals surface area contributed by atoms with Gasteiger partial charge in [-0.1, -0.05) is 23.8 Å². The Balaban J connectivity index is 1.87. The summed E-state index contributed by atoms with van der Waals surface area (Å²) in [5, 5.41) is 2.02. The van der Waals surface area contributed by atoms with E-state index in [9.17, 15) is 4.79 Å². The molecule has 0 N–H and O–H groups in total. The molecule has 0 unspecified atom stereocenters. The normalized spacial score (nSPS) is 10.3. The lowest BCUT2D eigenvalue weighted by atomic mass is 10.2. The number of benzene rings is 1. The molecular formula is C16H19NO2S. The molecule has 2 aromatic rings. The standard InChI is InChI=1S/C16H19NO2S/c1-3-17(11-15-5-4-10-20-15)16(18)12-19-14-8-6-13(2)7-9-14/h4-10H,3,11-12H2,1-2H3. The summed E-state index contributed by atoms with van der Waals surface area (Å²) in [6.45, 7) is 5.44. The van der Waals surface area contributed by atoms with Gasteiger partial charge in [0.25, 0.3) is 5.91 Å². The molecule has 2 rings (SSSR count). The zero-order valence-electron chi connectivity index (χ0n) is 11.8. The zero-order chi connectivity index (χ0) is 14.4. The van der Waals surface area contributed by atoms with Crippen LogP contribution in [0.15, 0.2) is 41.8 Å². The van der Waals surface area contributed by atoms with Gasteiger partial charge in [0.2, 0.25) is 0 Å². The Morgan fingerprint density at radius 3 is 2.60 bits per heavy atom. The number of aryl methyl sites for hydroxylation is 1. The van der Waals surface area contributed by atoms with Gasteiger partial charge in [-0.05, 0) is 37.4 Å². The maximum Gasteiger partial charge on any atom is 0.260 e. The molecule has 1 aromatic carbocycles. The minimum absolute atomic E-state index is 0.0153. The average molecular weight is 289 g/mol. The van der Waals surface area contributed by atoms with E-state index in [2.05, 4.69) is 0 Å². The van der Waals surface area contributed by atoms with E-state index >= 15 is 0 Å². The van der Waals surface area contributed by atoms with E-state index in [1.165, 1.54) is 10.4 Å². The summed E-state index contributed by atoms with van der Waals surface area (Å²) in [5.74, 6) is 0.748. The summed E-state index contributed by atoms with van der Waals surface area (Å²) >= 11 is 1.67. The molecule has 4 heteroatoms. The Kier molecular flexibility index (Phi) is 5.18. The van der Waals surface area contributed by atoms with Gasteiger partial charge >= 0.3 is 0 Å². The third-order valence-electron chi connectivity index (χ3n) is 3.04. The van der Waals surface area contributed by atoms with Crippen LogP contribution in [0.2, 0.25) is 0 Å². The van der Waals surface area contributed by atoms with E-state index in [-0.39, 0.29) is 12.5 Å². The van der Waals surface area contributed by atoms with Crippen LogP contribution in [0.3, 0.4) is 0 Å². The van der Waals surface area contributed by atoms with Crippen LogP contribution in [-0.2, 0) is 11.3 Å². The molecule has 1 aromatic heterocycles. The van der Waals surface area contributed by atoms with Crippen molar-refractivity contribution in [3.63, 3.8) is 0 Å². The van der Waals surface area contributed by atoms with Crippen molar-refractivity contribution in [2.75, 3.05) is 13.2 Å². The molecule has 0 fully saturated rings. The first-order chi connectivity index (χ1) is 9.69. The molecule has 0 radical (unpaired) electrons. The summed E-state index contributed by atoms with van der Waals surface area (Å²) in [7, 11) is 0. The van der Waals surface area contributed by atoms with Crippen molar-refractivity contribution < 1.29 is 9.53 Å². The quantitative estimate of drug-likeness (QED) is 0.814. The lowest BCUT2D eigenvalue weighted by molar-refractivity contribution is -0.133. The second kappa shape index (κ2) is 7.10. The van der Waals surface area contributed by atoms with E-state index in [1.54, 1.807) is 16.2 Å². The molecule has 0 bridgehead atoms. The van der Waals surface area contributed by atoms with E-state index < -0.39 is 0 Å². The summed E-state index contributed by atoms with van der Waals surface area (Å²) in [6.07, 6.45) is 0. The molecular weight excluding hydrogens is 270 g/mol. The Hall–Kier alpha value is -1.81. The number of hydrogen-bond acceptors (Lipinski definition) is 3. The second-order valence-corrected chi connectivity index (χ2v) is 5.62. The predicted octanol–water partition coefficient (Wildman–Crippen LogP) is 3.48. The van der Waals surface area contributed by atoms with E-state index in [1.807, 2.05) is 55.6 Å². The number of hydrogen-bond donors (Lipinski definition) is 0. The molecule has 1 amide bonds. The van der Waals surface area contributed by atoms with Gasteiger partial charge in [0, 0.05) is 11.4 Å². The van der Waals surface area contributed by atoms with Gasteiger partial charge in [0.05, 0.1) is 6.54 Å². The molecule has 0 saturated heterocycles. The Morgan fingerprint density at radius 2 is 2.00 bits per heavy atom. The Labute approximate surface area is 123 Å². The fourth-order valence-corrected chi connectivity index (χ4v) is 2.56. The molecule has 1 heterocycles. The molecule has 0 atom stereocenters. The number of carbonyl (C=O) groups excluding carboxylic acids is 1. The first kappa shape index (κ1) is 14.6. The van der Waals surface area contributed by atoms with Crippen LogP contribution >= 0.6 is 11.3 Å². The van der Waals surface area contributed by atoms with E-state index in [0.29, 0.717) is 13.1 Å². The largest absolute Gasteiger partial charge is 0.484 e. The summed E-state index contributed by atoms with van der Waals surface area (Å²) in [4.78, 5) is 15.1. The van der Waals surface area contributed by atoms with Crippen molar-refractivity contribution in [1.82, 2.24) is 4.90 Å². The van der Waals surface area contributed by atoms with Crippen molar-refractivity contribution in [2.45, 2.75) is 20.4 Å². The third-order valence-corrected chi connectivity index (χ3v) is 3.91. The number of nitrogens with zero attached hydrogens (tertiary/aromatic N) is 1. The first-order valence-electron chi connectivity index (χ1n) is 6.68. The SMILES string of the molecule is CCN(Cc1cccs1)C(=O)COc1ccc(C)cc1. The Morgan fingerprint density at radius 1 is 1.25 bits per heavy atom. The monoisotopic (exact) mass is 289 g/mol. The van der Waals surface area contributed by atoms with Crippen LogP contribution < -0.4 is 4.74 Å². The minimum atomic E-state index is 0.0153. The smallest absolute Gasteiger partial charge is 0.260 e. The van der Waals surface area contributed by atoms with Crippen molar-refractivity contribution in [3.8, 4) is 5.75 Å². The van der Waals surface area contributed by atoms with Crippen LogP contribution in [0.1, 0.15) is 17.4 Å². The van der Waals surface area contributed by atoms with Gasteiger partial charge in [-0.2, -0.15) is 0 Å². The number of carbonyl (C=O) groups is 1. The van der Waals surface area contributed by atoms with Crippen LogP contribution in [0.5, 0.6) is 5.75 Å². The highest BCUT2D eigenvalue weighted by molar-refractivity contribution is 7.09. The van der Waals surface area contributed by atoms with Gasteiger partial charge < -0.3 is 9.64 Å². The molecule has 20 heavy (non-hydrogen) atoms. The second-order valence-electron chi connectivity index (χ2n) is 4.59. The molecule has 0 saturated carbocycles. The van der Waals surface area contributed by atoms with Crippen molar-refractivity contribution in [1.29, 1.82) is 0 Å². The predicted molar refractivity (Wildman–Crippen MR) is 82.1 cm³/mol. The Bertz CT molecular complexity index is 534. The van der Waals surface area contributed by atoms with Crippen LogP contribution in [0.25, 0.3) is 0 Å². The van der Waals surface area contributed by atoms with Crippen LogP contribution in [0.4, 0.5) is 0 Å². The highest BCUT2D eigenvalue weighted by Crippen LogP contribution is 2.14. The number of rotatable bonds is 6. The van der Waals surface area contributed by atoms with Gasteiger partial charge in [-0.15, -0.1) is 11.3 Å². The molecule has 0 spiro atoms. The maximum atomic E-state index is 12.1. The molecule has 0 aliphatic rings. The third kappa shape index (κ3) is 4.10. The number of amides is 1. The van der Waals surface area contributed by atoms with Crippen molar-refractivity contribution in [3.05, 3.63) is 52.2 Å². The first-order valence-corrected chi connectivity index (χ1v) is 7.56. The zero-order valence-corrected chi connectivity index (χ0v) is 12.7. The van der Waals surface area contributed by atoms with Gasteiger partial charge in [-0.25, -0.2) is 0 Å². The van der Waals surface area contributed by atoms with Crippen molar-refractivity contribution in [2.24, 2.45) is 0 Å². The van der Waals surface area contributed by atoms with Crippen LogP contribution in [0, 0.1) is 6.92 Å². The fourth-order valence-electron chi connectivity index (χ4n) is 1.84. The van der Waals surface area contributed by atoms with Gasteiger partial charge in [-0.3, -0.25) is 4.79 Å². The lowest BCUT2D eigenvalue weighted by Gasteiger charge is -2.20. The minimum Gasteiger partial charge on any atom is -0.484 e. The topological polar surface area (TPSA) is 29.5 Å². The van der Waals surface area contributed by atoms with E-state index in [0.717, 1.165) is 5.75 Å². The highest BCUT2D eigenvalue weighted by atomic mass is 32.1. The van der Waals surface area contributed by atoms with Crippen molar-refractivity contribution >= 4 is 17.2 Å².